The molecule has 0 atom stereocenters. The zero-order chi connectivity index (χ0) is 11.9. The monoisotopic (exact) mass is 229 g/mol. The third kappa shape index (κ3) is 1.48. The summed E-state index contributed by atoms with van der Waals surface area (Å²) < 4.78 is 39.9. The molecule has 5 heteroatoms. The Morgan fingerprint density at radius 1 is 1.25 bits per heavy atom. The smallest absolute Gasteiger partial charge is 0.390 e. The Morgan fingerprint density at radius 2 is 1.88 bits per heavy atom. The molecular weight excluding hydrogens is 219 g/mol. The van der Waals surface area contributed by atoms with Gasteiger partial charge in [0.05, 0.1) is 17.9 Å². The van der Waals surface area contributed by atoms with Crippen LogP contribution in [0.4, 0.5) is 13.2 Å². The lowest BCUT2D eigenvalue weighted by atomic mass is 10.1. The highest BCUT2D eigenvalue weighted by Gasteiger charge is 2.37. The first-order valence-electron chi connectivity index (χ1n) is 4.71. The van der Waals surface area contributed by atoms with E-state index in [0.29, 0.717) is 5.52 Å². The number of rotatable bonds is 1. The molecule has 2 rings (SSSR count). The van der Waals surface area contributed by atoms with E-state index in [9.17, 15) is 13.2 Å². The van der Waals surface area contributed by atoms with Crippen LogP contribution in [0, 0.1) is 0 Å². The Kier molecular flexibility index (Phi) is 2.42. The van der Waals surface area contributed by atoms with Crippen LogP contribution < -0.4 is 0 Å². The van der Waals surface area contributed by atoms with Crippen molar-refractivity contribution in [3.8, 4) is 0 Å². The van der Waals surface area contributed by atoms with Crippen LogP contribution in [-0.4, -0.2) is 9.67 Å². The van der Waals surface area contributed by atoms with Gasteiger partial charge in [0.25, 0.3) is 0 Å². The Hall–Kier alpha value is -1.49. The van der Waals surface area contributed by atoms with Gasteiger partial charge in [-0.3, -0.25) is 0 Å². The molecule has 0 radical (unpaired) electrons. The van der Waals surface area contributed by atoms with Crippen molar-refractivity contribution in [3.63, 3.8) is 0 Å². The summed E-state index contributed by atoms with van der Waals surface area (Å²) in [5.74, 6) is 0. The summed E-state index contributed by atoms with van der Waals surface area (Å²) in [6.45, 7) is -0.625. The normalized spacial score (nSPS) is 12.3. The SMILES string of the molecule is Cn1c(CO)c(C(F)(F)F)c2ccccc21. The molecule has 0 aliphatic rings. The van der Waals surface area contributed by atoms with Crippen LogP contribution in [0.5, 0.6) is 0 Å². The third-order valence-electron chi connectivity index (χ3n) is 2.66. The fraction of sp³-hybridized carbons (Fsp3) is 0.273. The summed E-state index contributed by atoms with van der Waals surface area (Å²) >= 11 is 0. The number of nitrogens with zero attached hydrogens (tertiary/aromatic N) is 1. The van der Waals surface area contributed by atoms with E-state index in [0.717, 1.165) is 0 Å². The fourth-order valence-corrected chi connectivity index (χ4v) is 1.95. The molecule has 0 fully saturated rings. The lowest BCUT2D eigenvalue weighted by Gasteiger charge is -2.08. The standard InChI is InChI=1S/C11H10F3NO/c1-15-8-5-3-2-4-7(8)10(9(15)6-16)11(12,13)14/h2-5,16H,6H2,1H3. The first-order valence-corrected chi connectivity index (χ1v) is 4.71. The molecule has 1 N–H and O–H groups in total. The summed E-state index contributed by atoms with van der Waals surface area (Å²) in [7, 11) is 1.52. The minimum atomic E-state index is -4.45. The lowest BCUT2D eigenvalue weighted by molar-refractivity contribution is -0.137. The molecular formula is C11H10F3NO. The second-order valence-electron chi connectivity index (χ2n) is 3.55. The predicted molar refractivity (Wildman–Crippen MR) is 53.8 cm³/mol. The summed E-state index contributed by atoms with van der Waals surface area (Å²) in [6.07, 6.45) is -4.45. The van der Waals surface area contributed by atoms with Crippen molar-refractivity contribution in [1.82, 2.24) is 4.57 Å². The van der Waals surface area contributed by atoms with E-state index >= 15 is 0 Å². The van der Waals surface area contributed by atoms with Crippen molar-refractivity contribution in [1.29, 1.82) is 0 Å². The first-order chi connectivity index (χ1) is 7.46. The van der Waals surface area contributed by atoms with Crippen molar-refractivity contribution >= 4 is 10.9 Å². The van der Waals surface area contributed by atoms with E-state index in [2.05, 4.69) is 0 Å². The number of fused-ring (bicyclic) bond motifs is 1. The van der Waals surface area contributed by atoms with E-state index in [1.54, 1.807) is 18.2 Å². The van der Waals surface area contributed by atoms with Gasteiger partial charge in [0.2, 0.25) is 0 Å². The summed E-state index contributed by atoms with van der Waals surface area (Å²) in [5, 5.41) is 9.17. The largest absolute Gasteiger partial charge is 0.418 e. The number of aryl methyl sites for hydroxylation is 1. The Balaban J connectivity index is 2.89. The molecule has 86 valence electrons. The molecule has 0 aliphatic carbocycles. The maximum Gasteiger partial charge on any atom is 0.418 e. The van der Waals surface area contributed by atoms with Gasteiger partial charge in [-0.1, -0.05) is 18.2 Å². The molecule has 0 saturated heterocycles. The van der Waals surface area contributed by atoms with E-state index in [1.165, 1.54) is 17.7 Å². The fourth-order valence-electron chi connectivity index (χ4n) is 1.95. The molecule has 2 nitrogen and oxygen atoms in total. The summed E-state index contributed by atoms with van der Waals surface area (Å²) in [4.78, 5) is 0. The van der Waals surface area contributed by atoms with Gasteiger partial charge in [-0.05, 0) is 6.07 Å². The maximum atomic E-state index is 12.9. The van der Waals surface area contributed by atoms with Gasteiger partial charge in [-0.15, -0.1) is 0 Å². The Bertz CT molecular complexity index is 528. The van der Waals surface area contributed by atoms with Crippen molar-refractivity contribution in [2.45, 2.75) is 12.8 Å². The molecule has 0 bridgehead atoms. The molecule has 1 aromatic carbocycles. The number of para-hydroxylation sites is 1. The van der Waals surface area contributed by atoms with Crippen molar-refractivity contribution in [3.05, 3.63) is 35.5 Å². The lowest BCUT2D eigenvalue weighted by Crippen LogP contribution is -2.09. The van der Waals surface area contributed by atoms with E-state index < -0.39 is 18.3 Å². The zero-order valence-electron chi connectivity index (χ0n) is 8.54. The van der Waals surface area contributed by atoms with E-state index in [-0.39, 0.29) is 11.1 Å². The van der Waals surface area contributed by atoms with Crippen LogP contribution in [0.1, 0.15) is 11.3 Å². The highest BCUT2D eigenvalue weighted by Crippen LogP contribution is 2.38. The molecule has 0 saturated carbocycles. The molecule has 1 aromatic heterocycles. The van der Waals surface area contributed by atoms with Crippen LogP contribution in [0.15, 0.2) is 24.3 Å². The number of benzene rings is 1. The second kappa shape index (κ2) is 3.52. The molecule has 1 heterocycles. The maximum absolute atomic E-state index is 12.9. The zero-order valence-corrected chi connectivity index (χ0v) is 8.54. The van der Waals surface area contributed by atoms with Gasteiger partial charge in [0.1, 0.15) is 0 Å². The van der Waals surface area contributed by atoms with Crippen molar-refractivity contribution < 1.29 is 18.3 Å². The highest BCUT2D eigenvalue weighted by molar-refractivity contribution is 5.86. The number of alkyl halides is 3. The molecule has 0 spiro atoms. The van der Waals surface area contributed by atoms with Crippen LogP contribution >= 0.6 is 0 Å². The number of aromatic nitrogens is 1. The summed E-state index contributed by atoms with van der Waals surface area (Å²) in [6, 6.07) is 6.24. The minimum Gasteiger partial charge on any atom is -0.390 e. The number of aliphatic hydroxyl groups is 1. The third-order valence-corrected chi connectivity index (χ3v) is 2.66. The predicted octanol–water partition coefficient (Wildman–Crippen LogP) is 2.69. The van der Waals surface area contributed by atoms with Crippen LogP contribution in [0.2, 0.25) is 0 Å². The quantitative estimate of drug-likeness (QED) is 0.799. The molecule has 0 amide bonds. The number of halogens is 3. The van der Waals surface area contributed by atoms with Gasteiger partial charge in [0.15, 0.2) is 0 Å². The van der Waals surface area contributed by atoms with Crippen LogP contribution in [0.3, 0.4) is 0 Å². The van der Waals surface area contributed by atoms with Crippen LogP contribution in [-0.2, 0) is 19.8 Å². The molecule has 0 unspecified atom stereocenters. The molecule has 0 aliphatic heterocycles. The van der Waals surface area contributed by atoms with Crippen molar-refractivity contribution in [2.75, 3.05) is 0 Å². The van der Waals surface area contributed by atoms with E-state index in [4.69, 9.17) is 5.11 Å². The van der Waals surface area contributed by atoms with Gasteiger partial charge < -0.3 is 9.67 Å². The molecule has 2 aromatic rings. The van der Waals surface area contributed by atoms with Crippen molar-refractivity contribution in [2.24, 2.45) is 7.05 Å². The van der Waals surface area contributed by atoms with Gasteiger partial charge in [-0.25, -0.2) is 0 Å². The van der Waals surface area contributed by atoms with Gasteiger partial charge in [0, 0.05) is 18.0 Å². The summed E-state index contributed by atoms with van der Waals surface area (Å²) in [5.41, 5.74) is -0.374. The van der Waals surface area contributed by atoms with Crippen LogP contribution in [0.25, 0.3) is 10.9 Å². The topological polar surface area (TPSA) is 25.2 Å². The Morgan fingerprint density at radius 3 is 2.44 bits per heavy atom. The first kappa shape index (κ1) is 11.0. The average Bonchev–Trinajstić information content (AvgIpc) is 2.51. The van der Waals surface area contributed by atoms with Gasteiger partial charge in [-0.2, -0.15) is 13.2 Å². The second-order valence-corrected chi connectivity index (χ2v) is 3.55. The van der Waals surface area contributed by atoms with E-state index in [1.807, 2.05) is 0 Å². The number of aliphatic hydroxyl groups excluding tert-OH is 1. The molecule has 16 heavy (non-hydrogen) atoms. The Labute approximate surface area is 89.9 Å². The average molecular weight is 229 g/mol. The van der Waals surface area contributed by atoms with Gasteiger partial charge >= 0.3 is 6.18 Å². The highest BCUT2D eigenvalue weighted by atomic mass is 19.4. The number of hydrogen-bond acceptors (Lipinski definition) is 1. The number of hydrogen-bond donors (Lipinski definition) is 1. The minimum absolute atomic E-state index is 0.103.